The summed E-state index contributed by atoms with van der Waals surface area (Å²) in [5.41, 5.74) is 2.22. The fourth-order valence-corrected chi connectivity index (χ4v) is 8.21. The van der Waals surface area contributed by atoms with Crippen LogP contribution in [0.5, 0.6) is 5.75 Å². The van der Waals surface area contributed by atoms with E-state index in [1.165, 1.54) is 24.2 Å². The fraction of sp³-hybridized carbons (Fsp3) is 0.731. The van der Waals surface area contributed by atoms with Gasteiger partial charge in [0.2, 0.25) is 0 Å². The van der Waals surface area contributed by atoms with Gasteiger partial charge in [0.25, 0.3) is 0 Å². The SMILES string of the molecule is CC(=O)O[C@H]1CCC2C3C(CC[C@@]21C)c1ccc(O)cc1C[C@H]3CSCCCC(F)(F)C(F)(F)F. The lowest BCUT2D eigenvalue weighted by atomic mass is 9.53. The van der Waals surface area contributed by atoms with E-state index in [1.807, 2.05) is 6.07 Å². The standard InChI is InChI=1S/C26H33F5O3S/c1-15(32)34-22-7-6-21-23-17(14-35-11-3-9-25(27,28)26(29,30)31)12-16-13-18(33)4-5-19(16)20(23)8-10-24(21,22)2/h4-5,13,17,20-23,33H,3,6-12,14H2,1-2H3/t17-,20?,21?,22-,23?,24-/m0/s1. The molecule has 2 fully saturated rings. The van der Waals surface area contributed by atoms with E-state index in [4.69, 9.17) is 4.74 Å². The van der Waals surface area contributed by atoms with Crippen LogP contribution in [-0.4, -0.2) is 40.8 Å². The summed E-state index contributed by atoms with van der Waals surface area (Å²) in [6.07, 6.45) is -2.65. The Kier molecular flexibility index (Phi) is 7.39. The van der Waals surface area contributed by atoms with Crippen molar-refractivity contribution >= 4 is 17.7 Å². The Labute approximate surface area is 207 Å². The van der Waals surface area contributed by atoms with Crippen LogP contribution in [0.4, 0.5) is 22.0 Å². The Morgan fingerprint density at radius 2 is 1.94 bits per heavy atom. The number of alkyl halides is 5. The molecule has 3 aliphatic rings. The van der Waals surface area contributed by atoms with E-state index in [2.05, 4.69) is 6.92 Å². The molecule has 6 atom stereocenters. The molecule has 0 spiro atoms. The van der Waals surface area contributed by atoms with Gasteiger partial charge >= 0.3 is 18.1 Å². The quantitative estimate of drug-likeness (QED) is 0.236. The largest absolute Gasteiger partial charge is 0.508 e. The van der Waals surface area contributed by atoms with Gasteiger partial charge in [-0.1, -0.05) is 13.0 Å². The van der Waals surface area contributed by atoms with Gasteiger partial charge in [0.1, 0.15) is 11.9 Å². The van der Waals surface area contributed by atoms with Crippen molar-refractivity contribution in [3.05, 3.63) is 29.3 Å². The third kappa shape index (κ3) is 5.16. The van der Waals surface area contributed by atoms with Crippen LogP contribution >= 0.6 is 11.8 Å². The van der Waals surface area contributed by atoms with Gasteiger partial charge in [-0.05, 0) is 97.0 Å². The number of fused-ring (bicyclic) bond motifs is 5. The predicted molar refractivity (Wildman–Crippen MR) is 125 cm³/mol. The number of halogens is 5. The summed E-state index contributed by atoms with van der Waals surface area (Å²) in [5.74, 6) is -2.64. The molecule has 1 aromatic carbocycles. The van der Waals surface area contributed by atoms with Gasteiger partial charge in [-0.25, -0.2) is 0 Å². The van der Waals surface area contributed by atoms with Gasteiger partial charge in [0.15, 0.2) is 0 Å². The molecule has 0 heterocycles. The van der Waals surface area contributed by atoms with E-state index < -0.39 is 18.5 Å². The smallest absolute Gasteiger partial charge is 0.453 e. The first kappa shape index (κ1) is 26.6. The summed E-state index contributed by atoms with van der Waals surface area (Å²) in [6, 6.07) is 5.53. The summed E-state index contributed by atoms with van der Waals surface area (Å²) in [4.78, 5) is 11.7. The molecule has 0 aliphatic heterocycles. The van der Waals surface area contributed by atoms with Crippen LogP contribution < -0.4 is 0 Å². The highest BCUT2D eigenvalue weighted by molar-refractivity contribution is 7.99. The van der Waals surface area contributed by atoms with Crippen LogP contribution in [0.1, 0.15) is 69.4 Å². The summed E-state index contributed by atoms with van der Waals surface area (Å²) < 4.78 is 69.6. The molecule has 0 amide bonds. The Hall–Kier alpha value is -1.51. The lowest BCUT2D eigenvalue weighted by Gasteiger charge is -2.53. The van der Waals surface area contributed by atoms with Gasteiger partial charge in [0.05, 0.1) is 0 Å². The molecular formula is C26H33F5O3S. The zero-order chi connectivity index (χ0) is 25.6. The highest BCUT2D eigenvalue weighted by Gasteiger charge is 2.58. The second kappa shape index (κ2) is 9.75. The van der Waals surface area contributed by atoms with E-state index in [-0.39, 0.29) is 41.3 Å². The van der Waals surface area contributed by atoms with Crippen LogP contribution in [0.2, 0.25) is 0 Å². The predicted octanol–water partition coefficient (Wildman–Crippen LogP) is 7.12. The van der Waals surface area contributed by atoms with Gasteiger partial charge in [0, 0.05) is 18.8 Å². The van der Waals surface area contributed by atoms with Gasteiger partial charge in [-0.3, -0.25) is 4.79 Å². The maximum absolute atomic E-state index is 13.3. The minimum absolute atomic E-state index is 0.120. The minimum atomic E-state index is -5.51. The summed E-state index contributed by atoms with van der Waals surface area (Å²) in [7, 11) is 0. The number of esters is 1. The zero-order valence-corrected chi connectivity index (χ0v) is 20.9. The fourth-order valence-electron chi connectivity index (χ4n) is 7.05. The van der Waals surface area contributed by atoms with Crippen LogP contribution in [-0.2, 0) is 16.0 Å². The van der Waals surface area contributed by atoms with Crippen molar-refractivity contribution in [2.45, 2.75) is 82.9 Å². The maximum Gasteiger partial charge on any atom is 0.453 e. The number of carbonyl (C=O) groups is 1. The minimum Gasteiger partial charge on any atom is -0.508 e. The van der Waals surface area contributed by atoms with Crippen molar-refractivity contribution in [1.29, 1.82) is 0 Å². The molecule has 2 saturated carbocycles. The number of ether oxygens (including phenoxy) is 1. The van der Waals surface area contributed by atoms with Crippen LogP contribution in [0.25, 0.3) is 0 Å². The number of phenols is 1. The highest BCUT2D eigenvalue weighted by atomic mass is 32.2. The first-order valence-corrected chi connectivity index (χ1v) is 13.5. The third-order valence-corrected chi connectivity index (χ3v) is 9.87. The maximum atomic E-state index is 13.3. The normalized spacial score (nSPS) is 32.5. The van der Waals surface area contributed by atoms with Gasteiger partial charge in [-0.15, -0.1) is 0 Å². The average Bonchev–Trinajstić information content (AvgIpc) is 3.07. The molecule has 35 heavy (non-hydrogen) atoms. The molecule has 3 unspecified atom stereocenters. The molecular weight excluding hydrogens is 487 g/mol. The third-order valence-electron chi connectivity index (χ3n) is 8.63. The molecule has 3 nitrogen and oxygen atoms in total. The number of hydrogen-bond donors (Lipinski definition) is 1. The number of aromatic hydroxyl groups is 1. The van der Waals surface area contributed by atoms with Crippen molar-refractivity contribution in [2.24, 2.45) is 23.2 Å². The van der Waals surface area contributed by atoms with E-state index >= 15 is 0 Å². The van der Waals surface area contributed by atoms with Gasteiger partial charge in [-0.2, -0.15) is 33.7 Å². The first-order chi connectivity index (χ1) is 16.3. The van der Waals surface area contributed by atoms with Crippen molar-refractivity contribution in [2.75, 3.05) is 11.5 Å². The van der Waals surface area contributed by atoms with Crippen LogP contribution in [0.3, 0.4) is 0 Å². The lowest BCUT2D eigenvalue weighted by molar-refractivity contribution is -0.284. The van der Waals surface area contributed by atoms with Crippen molar-refractivity contribution in [3.63, 3.8) is 0 Å². The van der Waals surface area contributed by atoms with Crippen molar-refractivity contribution in [1.82, 2.24) is 0 Å². The molecule has 4 rings (SSSR count). The molecule has 3 aliphatic carbocycles. The lowest BCUT2D eigenvalue weighted by Crippen LogP contribution is -2.48. The summed E-state index contributed by atoms with van der Waals surface area (Å²) in [5, 5.41) is 10.1. The van der Waals surface area contributed by atoms with E-state index in [9.17, 15) is 31.9 Å². The molecule has 1 aromatic rings. The van der Waals surface area contributed by atoms with Crippen molar-refractivity contribution in [3.8, 4) is 5.75 Å². The number of carbonyl (C=O) groups excluding carboxylic acids is 1. The Morgan fingerprint density at radius 3 is 2.63 bits per heavy atom. The van der Waals surface area contributed by atoms with Crippen molar-refractivity contribution < 1.29 is 36.6 Å². The molecule has 9 heteroatoms. The van der Waals surface area contributed by atoms with E-state index in [0.29, 0.717) is 23.5 Å². The molecule has 0 bridgehead atoms. The van der Waals surface area contributed by atoms with Gasteiger partial charge < -0.3 is 9.84 Å². The Morgan fingerprint density at radius 1 is 1.20 bits per heavy atom. The number of phenolic OH excluding ortho intramolecular Hbond substituents is 1. The monoisotopic (exact) mass is 520 g/mol. The highest BCUT2D eigenvalue weighted by Crippen LogP contribution is 2.63. The number of hydrogen-bond acceptors (Lipinski definition) is 4. The zero-order valence-electron chi connectivity index (χ0n) is 20.0. The topological polar surface area (TPSA) is 46.5 Å². The Bertz CT molecular complexity index is 936. The molecule has 0 aromatic heterocycles. The molecule has 0 saturated heterocycles. The summed E-state index contributed by atoms with van der Waals surface area (Å²) >= 11 is 1.44. The van der Waals surface area contributed by atoms with Crippen LogP contribution in [0.15, 0.2) is 18.2 Å². The second-order valence-corrected chi connectivity index (χ2v) is 11.9. The Balaban J connectivity index is 1.49. The first-order valence-electron chi connectivity index (χ1n) is 12.3. The molecule has 1 N–H and O–H groups in total. The number of thioether (sulfide) groups is 1. The number of rotatable bonds is 7. The average molecular weight is 521 g/mol. The molecule has 0 radical (unpaired) electrons. The number of benzene rings is 1. The van der Waals surface area contributed by atoms with E-state index in [0.717, 1.165) is 37.7 Å². The second-order valence-electron chi connectivity index (χ2n) is 10.7. The van der Waals surface area contributed by atoms with E-state index in [1.54, 1.807) is 12.1 Å². The summed E-state index contributed by atoms with van der Waals surface area (Å²) in [6.45, 7) is 3.65. The molecule has 196 valence electrons. The van der Waals surface area contributed by atoms with Crippen LogP contribution in [0, 0.1) is 23.2 Å².